The van der Waals surface area contributed by atoms with Gasteiger partial charge < -0.3 is 0 Å². The molecule has 74 valence electrons. The highest BCUT2D eigenvalue weighted by Crippen LogP contribution is 2.15. The molecule has 0 saturated heterocycles. The van der Waals surface area contributed by atoms with E-state index in [4.69, 9.17) is 5.26 Å². The quantitative estimate of drug-likeness (QED) is 0.738. The molecule has 15 heavy (non-hydrogen) atoms. The van der Waals surface area contributed by atoms with E-state index in [1.165, 1.54) is 0 Å². The van der Waals surface area contributed by atoms with E-state index in [1.54, 1.807) is 23.1 Å². The van der Waals surface area contributed by atoms with E-state index in [0.29, 0.717) is 5.56 Å². The van der Waals surface area contributed by atoms with E-state index in [2.05, 4.69) is 23.3 Å². The lowest BCUT2D eigenvalue weighted by Crippen LogP contribution is -2.00. The summed E-state index contributed by atoms with van der Waals surface area (Å²) in [6, 6.07) is 7.70. The lowest BCUT2D eigenvalue weighted by Gasteiger charge is -2.06. The molecule has 0 radical (unpaired) electrons. The van der Waals surface area contributed by atoms with E-state index in [9.17, 15) is 0 Å². The van der Waals surface area contributed by atoms with Gasteiger partial charge in [0.05, 0.1) is 29.7 Å². The van der Waals surface area contributed by atoms with Gasteiger partial charge in [-0.3, -0.25) is 0 Å². The van der Waals surface area contributed by atoms with Crippen LogP contribution in [0.4, 0.5) is 0 Å². The number of hydrogen-bond donors (Lipinski definition) is 0. The molecule has 0 aliphatic carbocycles. The fourth-order valence-electron chi connectivity index (χ4n) is 1.50. The van der Waals surface area contributed by atoms with Gasteiger partial charge in [-0.1, -0.05) is 12.1 Å². The van der Waals surface area contributed by atoms with Crippen molar-refractivity contribution in [3.63, 3.8) is 0 Å². The van der Waals surface area contributed by atoms with Crippen molar-refractivity contribution < 1.29 is 0 Å². The third-order valence-electron chi connectivity index (χ3n) is 2.26. The first-order valence-electron chi connectivity index (χ1n) is 4.75. The molecule has 4 heteroatoms. The van der Waals surface area contributed by atoms with Crippen LogP contribution in [0.5, 0.6) is 0 Å². The molecule has 1 aromatic carbocycles. The average molecular weight is 198 g/mol. The van der Waals surface area contributed by atoms with Crippen molar-refractivity contribution in [3.8, 4) is 11.8 Å². The second-order valence-electron chi connectivity index (χ2n) is 3.16. The fraction of sp³-hybridized carbons (Fsp3) is 0.182. The molecule has 4 nitrogen and oxygen atoms in total. The Bertz CT molecular complexity index is 494. The van der Waals surface area contributed by atoms with Gasteiger partial charge in [-0.25, -0.2) is 4.68 Å². The summed E-state index contributed by atoms with van der Waals surface area (Å²) in [5.74, 6) is 0. The molecule has 1 aromatic heterocycles. The van der Waals surface area contributed by atoms with Crippen LogP contribution in [0, 0.1) is 11.3 Å². The van der Waals surface area contributed by atoms with Crippen molar-refractivity contribution in [2.24, 2.45) is 0 Å². The largest absolute Gasteiger partial charge is 0.220 e. The first-order valence-corrected chi connectivity index (χ1v) is 4.75. The van der Waals surface area contributed by atoms with Crippen molar-refractivity contribution in [1.82, 2.24) is 15.0 Å². The third-order valence-corrected chi connectivity index (χ3v) is 2.26. The van der Waals surface area contributed by atoms with Crippen LogP contribution in [0.15, 0.2) is 30.6 Å². The van der Waals surface area contributed by atoms with Crippen LogP contribution in [0.2, 0.25) is 0 Å². The first-order chi connectivity index (χ1) is 7.35. The Hall–Kier alpha value is -2.15. The van der Waals surface area contributed by atoms with Gasteiger partial charge in [0.15, 0.2) is 0 Å². The highest BCUT2D eigenvalue weighted by molar-refractivity contribution is 5.46. The second kappa shape index (κ2) is 3.93. The van der Waals surface area contributed by atoms with Crippen LogP contribution >= 0.6 is 0 Å². The first kappa shape index (κ1) is 9.41. The van der Waals surface area contributed by atoms with Crippen molar-refractivity contribution in [2.75, 3.05) is 0 Å². The molecule has 0 fully saturated rings. The Balaban J connectivity index is 2.54. The molecule has 2 aromatic rings. The van der Waals surface area contributed by atoms with Crippen molar-refractivity contribution >= 4 is 0 Å². The molecule has 0 spiro atoms. The maximum Gasteiger partial charge on any atom is 0.0991 e. The molecule has 0 atom stereocenters. The normalized spacial score (nSPS) is 9.87. The molecule has 0 saturated carbocycles. The smallest absolute Gasteiger partial charge is 0.0991 e. The Morgan fingerprint density at radius 1 is 1.47 bits per heavy atom. The van der Waals surface area contributed by atoms with Crippen LogP contribution in [-0.2, 0) is 6.42 Å². The van der Waals surface area contributed by atoms with Gasteiger partial charge in [0.1, 0.15) is 0 Å². The lowest BCUT2D eigenvalue weighted by atomic mass is 10.1. The van der Waals surface area contributed by atoms with E-state index in [0.717, 1.165) is 17.7 Å². The third kappa shape index (κ3) is 1.72. The number of benzene rings is 1. The monoisotopic (exact) mass is 198 g/mol. The summed E-state index contributed by atoms with van der Waals surface area (Å²) in [5.41, 5.74) is 2.75. The number of nitriles is 1. The van der Waals surface area contributed by atoms with Gasteiger partial charge in [-0.15, -0.1) is 5.10 Å². The minimum atomic E-state index is 0.677. The molecular formula is C11H10N4. The average Bonchev–Trinajstić information content (AvgIpc) is 2.81. The standard InChI is InChI=1S/C11H10N4/c1-2-10-7-9(8-12)3-4-11(10)15-6-5-13-14-15/h3-7H,2H2,1H3. The van der Waals surface area contributed by atoms with Gasteiger partial charge in [0, 0.05) is 0 Å². The van der Waals surface area contributed by atoms with Gasteiger partial charge in [0.25, 0.3) is 0 Å². The number of nitrogens with zero attached hydrogens (tertiary/aromatic N) is 4. The van der Waals surface area contributed by atoms with Crippen molar-refractivity contribution in [3.05, 3.63) is 41.7 Å². The summed E-state index contributed by atoms with van der Waals surface area (Å²) in [5, 5.41) is 16.5. The van der Waals surface area contributed by atoms with Gasteiger partial charge in [-0.2, -0.15) is 5.26 Å². The highest BCUT2D eigenvalue weighted by atomic mass is 15.4. The Morgan fingerprint density at radius 2 is 2.33 bits per heavy atom. The Labute approximate surface area is 87.8 Å². The maximum atomic E-state index is 8.79. The van der Waals surface area contributed by atoms with Crippen LogP contribution in [0.1, 0.15) is 18.1 Å². The fourth-order valence-corrected chi connectivity index (χ4v) is 1.50. The Morgan fingerprint density at radius 3 is 2.93 bits per heavy atom. The summed E-state index contributed by atoms with van der Waals surface area (Å²) >= 11 is 0. The number of aryl methyl sites for hydroxylation is 1. The Kier molecular flexibility index (Phi) is 2.46. The summed E-state index contributed by atoms with van der Waals surface area (Å²) < 4.78 is 1.71. The molecule has 1 heterocycles. The number of aromatic nitrogens is 3. The minimum Gasteiger partial charge on any atom is -0.220 e. The second-order valence-corrected chi connectivity index (χ2v) is 3.16. The molecule has 0 aliphatic heterocycles. The van der Waals surface area contributed by atoms with Gasteiger partial charge >= 0.3 is 0 Å². The molecule has 0 bridgehead atoms. The van der Waals surface area contributed by atoms with Gasteiger partial charge in [0.2, 0.25) is 0 Å². The minimum absolute atomic E-state index is 0.677. The molecule has 0 N–H and O–H groups in total. The maximum absolute atomic E-state index is 8.79. The lowest BCUT2D eigenvalue weighted by molar-refractivity contribution is 0.793. The van der Waals surface area contributed by atoms with Gasteiger partial charge in [-0.05, 0) is 30.2 Å². The van der Waals surface area contributed by atoms with E-state index < -0.39 is 0 Å². The highest BCUT2D eigenvalue weighted by Gasteiger charge is 2.04. The van der Waals surface area contributed by atoms with Crippen LogP contribution in [0.3, 0.4) is 0 Å². The molecule has 2 rings (SSSR count). The summed E-state index contributed by atoms with van der Waals surface area (Å²) in [6.07, 6.45) is 4.29. The number of rotatable bonds is 2. The summed E-state index contributed by atoms with van der Waals surface area (Å²) in [6.45, 7) is 2.05. The summed E-state index contributed by atoms with van der Waals surface area (Å²) in [4.78, 5) is 0. The van der Waals surface area contributed by atoms with Crippen LogP contribution in [-0.4, -0.2) is 15.0 Å². The molecule has 0 aliphatic rings. The van der Waals surface area contributed by atoms with Crippen LogP contribution in [0.25, 0.3) is 5.69 Å². The van der Waals surface area contributed by atoms with E-state index in [1.807, 2.05) is 12.1 Å². The van der Waals surface area contributed by atoms with Crippen LogP contribution < -0.4 is 0 Å². The molecule has 0 amide bonds. The van der Waals surface area contributed by atoms with E-state index in [-0.39, 0.29) is 0 Å². The molecule has 0 unspecified atom stereocenters. The molecular weight excluding hydrogens is 188 g/mol. The SMILES string of the molecule is CCc1cc(C#N)ccc1-n1ccnn1. The zero-order chi connectivity index (χ0) is 10.7. The zero-order valence-electron chi connectivity index (χ0n) is 8.38. The topological polar surface area (TPSA) is 54.5 Å². The predicted octanol–water partition coefficient (Wildman–Crippen LogP) is 1.70. The van der Waals surface area contributed by atoms with Crippen molar-refractivity contribution in [2.45, 2.75) is 13.3 Å². The van der Waals surface area contributed by atoms with E-state index >= 15 is 0 Å². The predicted molar refractivity (Wildman–Crippen MR) is 55.5 cm³/mol. The summed E-state index contributed by atoms with van der Waals surface area (Å²) in [7, 11) is 0. The number of hydrogen-bond acceptors (Lipinski definition) is 3. The van der Waals surface area contributed by atoms with Crippen molar-refractivity contribution in [1.29, 1.82) is 5.26 Å². The zero-order valence-corrected chi connectivity index (χ0v) is 8.38.